The number of hydrogen-bond acceptors (Lipinski definition) is 5. The van der Waals surface area contributed by atoms with E-state index in [1.165, 1.54) is 13.3 Å². The molecule has 0 aliphatic carbocycles. The second-order valence-corrected chi connectivity index (χ2v) is 6.01. The molecule has 0 fully saturated rings. The smallest absolute Gasteiger partial charge is 0.224 e. The molecule has 0 saturated carbocycles. The Morgan fingerprint density at radius 1 is 1.08 bits per heavy atom. The predicted octanol–water partition coefficient (Wildman–Crippen LogP) is 4.05. The zero-order chi connectivity index (χ0) is 16.9. The molecule has 0 bridgehead atoms. The lowest BCUT2D eigenvalue weighted by Gasteiger charge is -2.11. The van der Waals surface area contributed by atoms with Gasteiger partial charge in [0.1, 0.15) is 25.3 Å². The number of carbonyl (C=O) groups excluding carboxylic acids is 1. The summed E-state index contributed by atoms with van der Waals surface area (Å²) in [7, 11) is 0. The monoisotopic (exact) mass is 386 g/mol. The number of rotatable bonds is 6. The molecule has 0 unspecified atom stereocenters. The van der Waals surface area contributed by atoms with Gasteiger partial charge in [0.25, 0.3) is 0 Å². The Balaban J connectivity index is 1.66. The lowest BCUT2D eigenvalue weighted by molar-refractivity contribution is 0.101. The van der Waals surface area contributed by atoms with Crippen molar-refractivity contribution in [3.8, 4) is 11.6 Å². The van der Waals surface area contributed by atoms with E-state index in [0.717, 1.165) is 15.4 Å². The van der Waals surface area contributed by atoms with Crippen molar-refractivity contribution in [3.05, 3.63) is 58.8 Å². The van der Waals surface area contributed by atoms with E-state index in [1.54, 1.807) is 12.1 Å². The van der Waals surface area contributed by atoms with Crippen molar-refractivity contribution in [2.24, 2.45) is 0 Å². The molecule has 0 atom stereocenters. The average molecular weight is 387 g/mol. The first-order valence-electron chi connectivity index (χ1n) is 7.41. The molecule has 1 heterocycles. The van der Waals surface area contributed by atoms with Gasteiger partial charge in [0.2, 0.25) is 5.88 Å². The molecule has 24 heavy (non-hydrogen) atoms. The highest BCUT2D eigenvalue weighted by molar-refractivity contribution is 9.10. The van der Waals surface area contributed by atoms with Crippen molar-refractivity contribution in [2.75, 3.05) is 13.2 Å². The molecule has 6 heteroatoms. The molecule has 0 saturated heterocycles. The van der Waals surface area contributed by atoms with E-state index in [2.05, 4.69) is 25.9 Å². The van der Waals surface area contributed by atoms with Crippen LogP contribution in [0.3, 0.4) is 0 Å². The number of halogens is 1. The van der Waals surface area contributed by atoms with E-state index < -0.39 is 0 Å². The maximum absolute atomic E-state index is 11.6. The van der Waals surface area contributed by atoms with Crippen LogP contribution in [0.15, 0.2) is 53.3 Å². The van der Waals surface area contributed by atoms with Crippen LogP contribution in [-0.2, 0) is 0 Å². The minimum absolute atomic E-state index is 0.0295. The van der Waals surface area contributed by atoms with E-state index in [0.29, 0.717) is 30.4 Å². The highest BCUT2D eigenvalue weighted by Crippen LogP contribution is 2.25. The molecule has 0 radical (unpaired) electrons. The third-order valence-electron chi connectivity index (χ3n) is 3.41. The Kier molecular flexibility index (Phi) is 5.05. The molecule has 0 spiro atoms. The maximum Gasteiger partial charge on any atom is 0.224 e. The van der Waals surface area contributed by atoms with E-state index in [9.17, 15) is 4.79 Å². The van der Waals surface area contributed by atoms with Crippen LogP contribution in [-0.4, -0.2) is 29.0 Å². The molecule has 0 aliphatic heterocycles. The van der Waals surface area contributed by atoms with Crippen molar-refractivity contribution >= 4 is 32.6 Å². The van der Waals surface area contributed by atoms with E-state index in [1.807, 2.05) is 30.3 Å². The van der Waals surface area contributed by atoms with Gasteiger partial charge in [-0.2, -0.15) is 0 Å². The molecule has 0 amide bonds. The summed E-state index contributed by atoms with van der Waals surface area (Å²) in [6, 6.07) is 12.9. The Bertz CT molecular complexity index is 883. The van der Waals surface area contributed by atoms with E-state index in [-0.39, 0.29) is 5.78 Å². The number of ether oxygens (including phenoxy) is 2. The molecular weight excluding hydrogens is 372 g/mol. The van der Waals surface area contributed by atoms with Crippen LogP contribution >= 0.6 is 15.9 Å². The zero-order valence-electron chi connectivity index (χ0n) is 13.0. The van der Waals surface area contributed by atoms with Crippen LogP contribution in [0.2, 0.25) is 0 Å². The summed E-state index contributed by atoms with van der Waals surface area (Å²) in [4.78, 5) is 19.9. The summed E-state index contributed by atoms with van der Waals surface area (Å²) < 4.78 is 12.3. The zero-order valence-corrected chi connectivity index (χ0v) is 14.6. The van der Waals surface area contributed by atoms with Crippen LogP contribution in [0.25, 0.3) is 10.9 Å². The van der Waals surface area contributed by atoms with Crippen molar-refractivity contribution in [2.45, 2.75) is 6.92 Å². The van der Waals surface area contributed by atoms with Crippen molar-refractivity contribution in [3.63, 3.8) is 0 Å². The Morgan fingerprint density at radius 2 is 1.88 bits per heavy atom. The Hall–Kier alpha value is -2.47. The van der Waals surface area contributed by atoms with Gasteiger partial charge in [0.05, 0.1) is 16.5 Å². The molecule has 3 aromatic rings. The largest absolute Gasteiger partial charge is 0.489 e. The second kappa shape index (κ2) is 7.40. The third kappa shape index (κ3) is 3.71. The second-order valence-electron chi connectivity index (χ2n) is 5.09. The Morgan fingerprint density at radius 3 is 2.71 bits per heavy atom. The third-order valence-corrected chi connectivity index (χ3v) is 3.90. The molecule has 1 aromatic heterocycles. The summed E-state index contributed by atoms with van der Waals surface area (Å²) in [5.41, 5.74) is 1.37. The minimum atomic E-state index is -0.0295. The molecule has 0 N–H and O–H groups in total. The molecule has 122 valence electrons. The van der Waals surface area contributed by atoms with Crippen LogP contribution in [0.1, 0.15) is 17.3 Å². The molecule has 5 nitrogen and oxygen atoms in total. The standard InChI is InChI=1S/C18H15BrN2O3/c1-12(22)14-4-2-3-5-17(14)23-8-9-24-18-15-10-13(19)6-7-16(15)20-11-21-18/h2-7,10-11H,8-9H2,1H3. The molecule has 0 aliphatic rings. The van der Waals surface area contributed by atoms with Gasteiger partial charge in [0, 0.05) is 4.47 Å². The SMILES string of the molecule is CC(=O)c1ccccc1OCCOc1ncnc2ccc(Br)cc12. The van der Waals surface area contributed by atoms with Gasteiger partial charge < -0.3 is 9.47 Å². The first-order chi connectivity index (χ1) is 11.6. The summed E-state index contributed by atoms with van der Waals surface area (Å²) in [5, 5.41) is 0.830. The van der Waals surface area contributed by atoms with Crippen molar-refractivity contribution in [1.82, 2.24) is 9.97 Å². The number of carbonyl (C=O) groups is 1. The minimum Gasteiger partial charge on any atom is -0.489 e. The van der Waals surface area contributed by atoms with E-state index >= 15 is 0 Å². The lowest BCUT2D eigenvalue weighted by atomic mass is 10.1. The summed E-state index contributed by atoms with van der Waals surface area (Å²) >= 11 is 3.43. The number of para-hydroxylation sites is 1. The topological polar surface area (TPSA) is 61.3 Å². The van der Waals surface area contributed by atoms with Gasteiger partial charge in [-0.25, -0.2) is 9.97 Å². The normalized spacial score (nSPS) is 10.6. The number of benzene rings is 2. The van der Waals surface area contributed by atoms with Gasteiger partial charge in [-0.05, 0) is 37.3 Å². The summed E-state index contributed by atoms with van der Waals surface area (Å²) in [5.74, 6) is 1.03. The number of fused-ring (bicyclic) bond motifs is 1. The fourth-order valence-corrected chi connectivity index (χ4v) is 2.65. The van der Waals surface area contributed by atoms with Gasteiger partial charge in [-0.15, -0.1) is 0 Å². The van der Waals surface area contributed by atoms with Crippen LogP contribution < -0.4 is 9.47 Å². The average Bonchev–Trinajstić information content (AvgIpc) is 2.59. The van der Waals surface area contributed by atoms with Gasteiger partial charge in [-0.1, -0.05) is 28.1 Å². The number of nitrogens with zero attached hydrogens (tertiary/aromatic N) is 2. The lowest BCUT2D eigenvalue weighted by Crippen LogP contribution is -2.11. The van der Waals surface area contributed by atoms with Gasteiger partial charge >= 0.3 is 0 Å². The van der Waals surface area contributed by atoms with Crippen LogP contribution in [0.5, 0.6) is 11.6 Å². The summed E-state index contributed by atoms with van der Waals surface area (Å²) in [6.45, 7) is 2.14. The first kappa shape index (κ1) is 16.4. The molecule has 3 rings (SSSR count). The maximum atomic E-state index is 11.6. The van der Waals surface area contributed by atoms with Crippen molar-refractivity contribution in [1.29, 1.82) is 0 Å². The number of Topliss-reactive ketones (excluding diaryl/α,β-unsaturated/α-hetero) is 1. The van der Waals surface area contributed by atoms with Gasteiger partial charge in [-0.3, -0.25) is 4.79 Å². The quantitative estimate of drug-likeness (QED) is 0.472. The van der Waals surface area contributed by atoms with Crippen molar-refractivity contribution < 1.29 is 14.3 Å². The van der Waals surface area contributed by atoms with Crippen LogP contribution in [0, 0.1) is 0 Å². The number of hydrogen-bond donors (Lipinski definition) is 0. The molecular formula is C18H15BrN2O3. The van der Waals surface area contributed by atoms with E-state index in [4.69, 9.17) is 9.47 Å². The highest BCUT2D eigenvalue weighted by atomic mass is 79.9. The highest BCUT2D eigenvalue weighted by Gasteiger charge is 2.08. The predicted molar refractivity (Wildman–Crippen MR) is 94.7 cm³/mol. The fourth-order valence-electron chi connectivity index (χ4n) is 2.29. The van der Waals surface area contributed by atoms with Crippen LogP contribution in [0.4, 0.5) is 0 Å². The summed E-state index contributed by atoms with van der Waals surface area (Å²) in [6.07, 6.45) is 1.47. The van der Waals surface area contributed by atoms with Gasteiger partial charge in [0.15, 0.2) is 5.78 Å². The molecule has 2 aromatic carbocycles. The number of aromatic nitrogens is 2. The number of ketones is 1. The fraction of sp³-hybridized carbons (Fsp3) is 0.167. The first-order valence-corrected chi connectivity index (χ1v) is 8.20. The Labute approximate surface area is 147 Å².